The van der Waals surface area contributed by atoms with E-state index in [4.69, 9.17) is 0 Å². The zero-order valence-electron chi connectivity index (χ0n) is 7.19. The van der Waals surface area contributed by atoms with Gasteiger partial charge in [-0.25, -0.2) is 13.4 Å². The van der Waals surface area contributed by atoms with Gasteiger partial charge in [-0.15, -0.1) is 0 Å². The highest BCUT2D eigenvalue weighted by atomic mass is 32.2. The molecule has 0 saturated heterocycles. The summed E-state index contributed by atoms with van der Waals surface area (Å²) in [5.41, 5.74) is 0. The molecule has 68 valence electrons. The lowest BCUT2D eigenvalue weighted by Gasteiger charge is -2.02. The van der Waals surface area contributed by atoms with Gasteiger partial charge in [-0.1, -0.05) is 0 Å². The molecule has 0 aliphatic heterocycles. The monoisotopic (exact) mass is 188 g/mol. The van der Waals surface area contributed by atoms with Crippen LogP contribution in [-0.2, 0) is 16.4 Å². The van der Waals surface area contributed by atoms with Gasteiger partial charge < -0.3 is 4.57 Å². The average Bonchev–Trinajstić information content (AvgIpc) is 2.29. The minimum Gasteiger partial charge on any atom is -0.334 e. The van der Waals surface area contributed by atoms with Gasteiger partial charge in [-0.05, 0) is 6.92 Å². The second kappa shape index (κ2) is 3.26. The summed E-state index contributed by atoms with van der Waals surface area (Å²) in [6.07, 6.45) is 4.68. The molecule has 1 aromatic rings. The molecule has 0 bridgehead atoms. The van der Waals surface area contributed by atoms with E-state index in [9.17, 15) is 8.42 Å². The molecule has 0 spiro atoms. The molecule has 1 rings (SSSR count). The van der Waals surface area contributed by atoms with Gasteiger partial charge in [0.05, 0.1) is 5.75 Å². The Balaban J connectivity index is 2.61. The van der Waals surface area contributed by atoms with Gasteiger partial charge in [0.1, 0.15) is 15.7 Å². The van der Waals surface area contributed by atoms with E-state index < -0.39 is 9.84 Å². The molecule has 0 fully saturated rings. The third-order valence-corrected chi connectivity index (χ3v) is 2.55. The van der Waals surface area contributed by atoms with E-state index in [1.54, 1.807) is 12.4 Å². The van der Waals surface area contributed by atoms with Crippen molar-refractivity contribution in [3.8, 4) is 0 Å². The quantitative estimate of drug-likeness (QED) is 0.682. The van der Waals surface area contributed by atoms with Crippen molar-refractivity contribution in [3.63, 3.8) is 0 Å². The Labute approximate surface area is 72.2 Å². The van der Waals surface area contributed by atoms with Crippen LogP contribution in [0.5, 0.6) is 0 Å². The molecule has 5 heteroatoms. The van der Waals surface area contributed by atoms with E-state index in [1.165, 1.54) is 6.26 Å². The summed E-state index contributed by atoms with van der Waals surface area (Å²) in [6, 6.07) is 0. The highest BCUT2D eigenvalue weighted by Gasteiger charge is 2.03. The van der Waals surface area contributed by atoms with Crippen LogP contribution in [0.4, 0.5) is 0 Å². The molecule has 0 amide bonds. The van der Waals surface area contributed by atoms with Crippen molar-refractivity contribution < 1.29 is 8.42 Å². The van der Waals surface area contributed by atoms with Crippen molar-refractivity contribution in [1.82, 2.24) is 9.55 Å². The molecule has 1 aromatic heterocycles. The fourth-order valence-electron chi connectivity index (χ4n) is 0.904. The number of rotatable bonds is 3. The molecule has 0 radical (unpaired) electrons. The molecule has 0 aliphatic carbocycles. The largest absolute Gasteiger partial charge is 0.334 e. The molecule has 0 aliphatic rings. The summed E-state index contributed by atoms with van der Waals surface area (Å²) in [6.45, 7) is 2.34. The summed E-state index contributed by atoms with van der Waals surface area (Å²) in [5.74, 6) is 1.02. The first-order valence-corrected chi connectivity index (χ1v) is 5.70. The van der Waals surface area contributed by atoms with Crippen LogP contribution in [0.3, 0.4) is 0 Å². The van der Waals surface area contributed by atoms with Crippen molar-refractivity contribution in [3.05, 3.63) is 18.2 Å². The first-order chi connectivity index (χ1) is 5.49. The van der Waals surface area contributed by atoms with E-state index in [1.807, 2.05) is 11.5 Å². The molecule has 0 atom stereocenters. The lowest BCUT2D eigenvalue weighted by atomic mass is 10.6. The van der Waals surface area contributed by atoms with Crippen LogP contribution in [0.2, 0.25) is 0 Å². The summed E-state index contributed by atoms with van der Waals surface area (Å²) in [5, 5.41) is 0. The number of aryl methyl sites for hydroxylation is 2. The van der Waals surface area contributed by atoms with Crippen LogP contribution in [-0.4, -0.2) is 30.0 Å². The number of sulfone groups is 1. The third kappa shape index (κ3) is 2.65. The summed E-state index contributed by atoms with van der Waals surface area (Å²) >= 11 is 0. The standard InChI is InChI=1S/C7H12N2O2S/c1-7-8-3-4-9(7)5-6-12(2,10)11/h3-4H,5-6H2,1-2H3. The molecule has 1 heterocycles. The number of nitrogens with zero attached hydrogens (tertiary/aromatic N) is 2. The maximum Gasteiger partial charge on any atom is 0.149 e. The molecular weight excluding hydrogens is 176 g/mol. The number of aromatic nitrogens is 2. The van der Waals surface area contributed by atoms with Crippen molar-refractivity contribution in [1.29, 1.82) is 0 Å². The first-order valence-electron chi connectivity index (χ1n) is 3.64. The maximum atomic E-state index is 10.8. The number of hydrogen-bond donors (Lipinski definition) is 0. The van der Waals surface area contributed by atoms with Gasteiger partial charge in [0, 0.05) is 25.2 Å². The Morgan fingerprint density at radius 3 is 2.67 bits per heavy atom. The van der Waals surface area contributed by atoms with E-state index in [0.717, 1.165) is 5.82 Å². The number of hydrogen-bond acceptors (Lipinski definition) is 3. The molecule has 12 heavy (non-hydrogen) atoms. The fourth-order valence-corrected chi connectivity index (χ4v) is 1.43. The van der Waals surface area contributed by atoms with Gasteiger partial charge in [0.25, 0.3) is 0 Å². The number of imidazole rings is 1. The molecule has 0 aromatic carbocycles. The van der Waals surface area contributed by atoms with Crippen molar-refractivity contribution in [2.45, 2.75) is 13.5 Å². The summed E-state index contributed by atoms with van der Waals surface area (Å²) < 4.78 is 23.4. The zero-order valence-corrected chi connectivity index (χ0v) is 8.00. The lowest BCUT2D eigenvalue weighted by molar-refractivity contribution is 0.593. The van der Waals surface area contributed by atoms with E-state index in [-0.39, 0.29) is 5.75 Å². The van der Waals surface area contributed by atoms with E-state index >= 15 is 0 Å². The van der Waals surface area contributed by atoms with Gasteiger partial charge in [-0.2, -0.15) is 0 Å². The van der Waals surface area contributed by atoms with Gasteiger partial charge in [0.2, 0.25) is 0 Å². The normalized spacial score (nSPS) is 11.8. The van der Waals surface area contributed by atoms with Crippen molar-refractivity contribution in [2.75, 3.05) is 12.0 Å². The highest BCUT2D eigenvalue weighted by molar-refractivity contribution is 7.90. The predicted molar refractivity (Wildman–Crippen MR) is 46.7 cm³/mol. The molecule has 4 nitrogen and oxygen atoms in total. The van der Waals surface area contributed by atoms with Gasteiger partial charge in [-0.3, -0.25) is 0 Å². The average molecular weight is 188 g/mol. The van der Waals surface area contributed by atoms with Crippen LogP contribution >= 0.6 is 0 Å². The van der Waals surface area contributed by atoms with Crippen molar-refractivity contribution >= 4 is 9.84 Å². The molecule has 0 unspecified atom stereocenters. The zero-order chi connectivity index (χ0) is 9.19. The Morgan fingerprint density at radius 1 is 1.58 bits per heavy atom. The SMILES string of the molecule is Cc1nccn1CCS(C)(=O)=O. The molecular formula is C7H12N2O2S. The summed E-state index contributed by atoms with van der Waals surface area (Å²) in [4.78, 5) is 3.99. The van der Waals surface area contributed by atoms with Crippen LogP contribution in [0.1, 0.15) is 5.82 Å². The second-order valence-corrected chi connectivity index (χ2v) is 5.06. The Hall–Kier alpha value is -0.840. The minimum atomic E-state index is -2.87. The minimum absolute atomic E-state index is 0.171. The predicted octanol–water partition coefficient (Wildman–Crippen LogP) is 0.236. The highest BCUT2D eigenvalue weighted by Crippen LogP contribution is 1.96. The second-order valence-electron chi connectivity index (χ2n) is 2.80. The Morgan fingerprint density at radius 2 is 2.25 bits per heavy atom. The van der Waals surface area contributed by atoms with Crippen LogP contribution < -0.4 is 0 Å². The van der Waals surface area contributed by atoms with E-state index in [2.05, 4.69) is 4.98 Å². The lowest BCUT2D eigenvalue weighted by Crippen LogP contribution is -2.11. The molecule has 0 saturated carbocycles. The van der Waals surface area contributed by atoms with Crippen LogP contribution in [0.25, 0.3) is 0 Å². The maximum absolute atomic E-state index is 10.8. The van der Waals surface area contributed by atoms with Crippen LogP contribution in [0, 0.1) is 6.92 Å². The Kier molecular flexibility index (Phi) is 2.52. The summed E-state index contributed by atoms with van der Waals surface area (Å²) in [7, 11) is -2.87. The fraction of sp³-hybridized carbons (Fsp3) is 0.571. The smallest absolute Gasteiger partial charge is 0.149 e. The van der Waals surface area contributed by atoms with Crippen LogP contribution in [0.15, 0.2) is 12.4 Å². The topological polar surface area (TPSA) is 52.0 Å². The first kappa shape index (κ1) is 9.25. The van der Waals surface area contributed by atoms with Gasteiger partial charge in [0.15, 0.2) is 0 Å². The Bertz CT molecular complexity index is 353. The van der Waals surface area contributed by atoms with Crippen molar-refractivity contribution in [2.24, 2.45) is 0 Å². The van der Waals surface area contributed by atoms with E-state index in [0.29, 0.717) is 6.54 Å². The molecule has 0 N–H and O–H groups in total. The van der Waals surface area contributed by atoms with Gasteiger partial charge >= 0.3 is 0 Å². The third-order valence-electron chi connectivity index (χ3n) is 1.63.